The lowest BCUT2D eigenvalue weighted by atomic mass is 10.2. The van der Waals surface area contributed by atoms with E-state index in [4.69, 9.17) is 5.73 Å². The molecule has 0 fully saturated rings. The largest absolute Gasteiger partial charge is 0.326 e. The number of nitrogens with two attached hydrogens (primary N) is 1. The van der Waals surface area contributed by atoms with Crippen LogP contribution in [-0.2, 0) is 26.4 Å². The molecule has 0 aromatic heterocycles. The number of rotatable bonds is 6. The molecule has 0 aliphatic carbocycles. The fraction of sp³-hybridized carbons (Fsp3) is 0.455. The second-order valence-electron chi connectivity index (χ2n) is 4.41. The van der Waals surface area contributed by atoms with E-state index < -0.39 is 25.7 Å². The number of hydrogen-bond acceptors (Lipinski definition) is 5. The van der Waals surface area contributed by atoms with Crippen molar-refractivity contribution in [3.05, 3.63) is 29.6 Å². The standard InChI is InChI=1S/C11H17FN2O4S2/c1-14(5-6-19(2,15)16)20(17,18)11-7-10(12)4-3-9(11)8-13/h3-4,7H,5-6,8,13H2,1-2H3. The van der Waals surface area contributed by atoms with E-state index >= 15 is 0 Å². The van der Waals surface area contributed by atoms with Gasteiger partial charge in [0.15, 0.2) is 0 Å². The van der Waals surface area contributed by atoms with E-state index in [0.717, 1.165) is 22.7 Å². The molecule has 1 aromatic rings. The van der Waals surface area contributed by atoms with Crippen LogP contribution in [0.5, 0.6) is 0 Å². The molecule has 6 nitrogen and oxygen atoms in total. The van der Waals surface area contributed by atoms with Gasteiger partial charge in [-0.25, -0.2) is 21.2 Å². The summed E-state index contributed by atoms with van der Waals surface area (Å²) < 4.78 is 60.8. The number of hydrogen-bond donors (Lipinski definition) is 1. The smallest absolute Gasteiger partial charge is 0.243 e. The number of halogens is 1. The minimum atomic E-state index is -3.98. The third kappa shape index (κ3) is 4.23. The summed E-state index contributed by atoms with van der Waals surface area (Å²) in [5.41, 5.74) is 5.72. The van der Waals surface area contributed by atoms with Gasteiger partial charge in [0.05, 0.1) is 10.6 Å². The molecule has 0 aliphatic heterocycles. The maximum atomic E-state index is 13.2. The summed E-state index contributed by atoms with van der Waals surface area (Å²) >= 11 is 0. The van der Waals surface area contributed by atoms with Crippen molar-refractivity contribution < 1.29 is 21.2 Å². The van der Waals surface area contributed by atoms with E-state index in [2.05, 4.69) is 0 Å². The molecule has 9 heteroatoms. The first-order valence-electron chi connectivity index (χ1n) is 5.70. The zero-order valence-corrected chi connectivity index (χ0v) is 12.8. The molecule has 1 rings (SSSR count). The van der Waals surface area contributed by atoms with Crippen LogP contribution in [0.25, 0.3) is 0 Å². The van der Waals surface area contributed by atoms with Crippen LogP contribution in [0.4, 0.5) is 4.39 Å². The lowest BCUT2D eigenvalue weighted by molar-refractivity contribution is 0.483. The van der Waals surface area contributed by atoms with Crippen molar-refractivity contribution in [1.29, 1.82) is 0 Å². The van der Waals surface area contributed by atoms with E-state index in [9.17, 15) is 21.2 Å². The lowest BCUT2D eigenvalue weighted by Crippen LogP contribution is -2.32. The van der Waals surface area contributed by atoms with Gasteiger partial charge in [-0.3, -0.25) is 0 Å². The average Bonchev–Trinajstić information content (AvgIpc) is 2.34. The molecule has 0 spiro atoms. The van der Waals surface area contributed by atoms with Crippen LogP contribution in [0.15, 0.2) is 23.1 Å². The van der Waals surface area contributed by atoms with E-state index in [1.54, 1.807) is 0 Å². The fourth-order valence-electron chi connectivity index (χ4n) is 1.52. The predicted molar refractivity (Wildman–Crippen MR) is 73.8 cm³/mol. The van der Waals surface area contributed by atoms with Crippen LogP contribution in [-0.4, -0.2) is 46.7 Å². The molecule has 20 heavy (non-hydrogen) atoms. The Balaban J connectivity index is 3.13. The van der Waals surface area contributed by atoms with E-state index in [0.29, 0.717) is 0 Å². The molecule has 0 unspecified atom stereocenters. The second kappa shape index (κ2) is 6.17. The van der Waals surface area contributed by atoms with Gasteiger partial charge >= 0.3 is 0 Å². The molecular formula is C11H17FN2O4S2. The van der Waals surface area contributed by atoms with Crippen molar-refractivity contribution in [2.75, 3.05) is 25.6 Å². The Kier molecular flexibility index (Phi) is 5.25. The molecule has 2 N–H and O–H groups in total. The minimum Gasteiger partial charge on any atom is -0.326 e. The van der Waals surface area contributed by atoms with Crippen molar-refractivity contribution in [2.45, 2.75) is 11.4 Å². The fourth-order valence-corrected chi connectivity index (χ4v) is 3.65. The summed E-state index contributed by atoms with van der Waals surface area (Å²) in [6.07, 6.45) is 1.01. The molecule has 114 valence electrons. The van der Waals surface area contributed by atoms with Crippen LogP contribution in [0.1, 0.15) is 5.56 Å². The van der Waals surface area contributed by atoms with Gasteiger partial charge in [0, 0.05) is 26.4 Å². The average molecular weight is 324 g/mol. The van der Waals surface area contributed by atoms with E-state index in [1.807, 2.05) is 0 Å². The molecule has 0 bridgehead atoms. The predicted octanol–water partition coefficient (Wildman–Crippen LogP) is -0.0505. The normalized spacial score (nSPS) is 12.8. The summed E-state index contributed by atoms with van der Waals surface area (Å²) in [6, 6.07) is 3.30. The number of sulfone groups is 1. The van der Waals surface area contributed by atoms with Crippen LogP contribution in [0.2, 0.25) is 0 Å². The van der Waals surface area contributed by atoms with Gasteiger partial charge in [-0.15, -0.1) is 0 Å². The first-order chi connectivity index (χ1) is 9.08. The zero-order valence-electron chi connectivity index (χ0n) is 11.2. The highest BCUT2D eigenvalue weighted by Gasteiger charge is 2.24. The lowest BCUT2D eigenvalue weighted by Gasteiger charge is -2.18. The topological polar surface area (TPSA) is 97.5 Å². The van der Waals surface area contributed by atoms with E-state index in [-0.39, 0.29) is 29.3 Å². The zero-order chi connectivity index (χ0) is 15.6. The Bertz CT molecular complexity index is 686. The van der Waals surface area contributed by atoms with Gasteiger partial charge in [0.2, 0.25) is 10.0 Å². The van der Waals surface area contributed by atoms with Crippen molar-refractivity contribution in [3.63, 3.8) is 0 Å². The Morgan fingerprint density at radius 2 is 1.85 bits per heavy atom. The van der Waals surface area contributed by atoms with Crippen LogP contribution < -0.4 is 5.73 Å². The van der Waals surface area contributed by atoms with Gasteiger partial charge in [0.25, 0.3) is 0 Å². The summed E-state index contributed by atoms with van der Waals surface area (Å²) in [4.78, 5) is -0.240. The molecule has 0 aliphatic rings. The molecule has 0 saturated heterocycles. The summed E-state index contributed by atoms with van der Waals surface area (Å²) in [5.74, 6) is -1.01. The Morgan fingerprint density at radius 1 is 1.25 bits per heavy atom. The third-order valence-electron chi connectivity index (χ3n) is 2.71. The van der Waals surface area contributed by atoms with Gasteiger partial charge in [-0.05, 0) is 17.7 Å². The molecular weight excluding hydrogens is 307 g/mol. The van der Waals surface area contributed by atoms with Crippen molar-refractivity contribution in [1.82, 2.24) is 4.31 Å². The molecule has 0 saturated carbocycles. The summed E-state index contributed by atoms with van der Waals surface area (Å²) in [5, 5.41) is 0. The monoisotopic (exact) mass is 324 g/mol. The van der Waals surface area contributed by atoms with Crippen LogP contribution >= 0.6 is 0 Å². The van der Waals surface area contributed by atoms with E-state index in [1.165, 1.54) is 13.1 Å². The van der Waals surface area contributed by atoms with Gasteiger partial charge < -0.3 is 5.73 Å². The van der Waals surface area contributed by atoms with Crippen LogP contribution in [0.3, 0.4) is 0 Å². The van der Waals surface area contributed by atoms with Crippen LogP contribution in [0, 0.1) is 5.82 Å². The number of nitrogens with zero attached hydrogens (tertiary/aromatic N) is 1. The quantitative estimate of drug-likeness (QED) is 0.791. The first kappa shape index (κ1) is 17.0. The number of sulfonamides is 1. The molecule has 0 amide bonds. The van der Waals surface area contributed by atoms with Crippen molar-refractivity contribution >= 4 is 19.9 Å². The molecule has 1 aromatic carbocycles. The van der Waals surface area contributed by atoms with Gasteiger partial charge in [0.1, 0.15) is 15.7 Å². The third-order valence-corrected chi connectivity index (χ3v) is 5.58. The minimum absolute atomic E-state index is 0.0608. The molecule has 0 radical (unpaired) electrons. The Hall–Kier alpha value is -1.03. The first-order valence-corrected chi connectivity index (χ1v) is 9.20. The Labute approximate surface area is 118 Å². The molecule has 0 heterocycles. The highest BCUT2D eigenvalue weighted by molar-refractivity contribution is 7.91. The SMILES string of the molecule is CN(CCS(C)(=O)=O)S(=O)(=O)c1cc(F)ccc1CN. The van der Waals surface area contributed by atoms with Gasteiger partial charge in [-0.2, -0.15) is 4.31 Å². The summed E-state index contributed by atoms with van der Waals surface area (Å²) in [6.45, 7) is -0.267. The highest BCUT2D eigenvalue weighted by Crippen LogP contribution is 2.20. The van der Waals surface area contributed by atoms with Crippen molar-refractivity contribution in [2.24, 2.45) is 5.73 Å². The maximum absolute atomic E-state index is 13.2. The Morgan fingerprint density at radius 3 is 2.35 bits per heavy atom. The summed E-state index contributed by atoms with van der Waals surface area (Å²) in [7, 11) is -6.03. The number of benzene rings is 1. The highest BCUT2D eigenvalue weighted by atomic mass is 32.2. The molecule has 0 atom stereocenters. The second-order valence-corrected chi connectivity index (χ2v) is 8.69. The van der Waals surface area contributed by atoms with Gasteiger partial charge in [-0.1, -0.05) is 6.07 Å². The van der Waals surface area contributed by atoms with Crippen molar-refractivity contribution in [3.8, 4) is 0 Å². The maximum Gasteiger partial charge on any atom is 0.243 e.